The van der Waals surface area contributed by atoms with Crippen molar-refractivity contribution < 1.29 is 14.9 Å². The molecule has 0 saturated carbocycles. The quantitative estimate of drug-likeness (QED) is 0.843. The SMILES string of the molecule is O[C@@H]1COC(c2c(Cl)c(Cl)cn3cc(Cl)nc23)[C@H]1O. The van der Waals surface area contributed by atoms with Gasteiger partial charge in [0.1, 0.15) is 29.1 Å². The maximum Gasteiger partial charge on any atom is 0.148 e. The van der Waals surface area contributed by atoms with E-state index in [2.05, 4.69) is 4.98 Å². The van der Waals surface area contributed by atoms with Crippen LogP contribution in [0.4, 0.5) is 0 Å². The van der Waals surface area contributed by atoms with E-state index in [1.165, 1.54) is 0 Å². The predicted molar refractivity (Wildman–Crippen MR) is 70.9 cm³/mol. The molecule has 5 nitrogen and oxygen atoms in total. The Bertz CT molecular complexity index is 646. The number of ether oxygens (including phenoxy) is 1. The van der Waals surface area contributed by atoms with Crippen molar-refractivity contribution in [2.45, 2.75) is 18.3 Å². The molecule has 3 rings (SSSR count). The Balaban J connectivity index is 2.24. The van der Waals surface area contributed by atoms with Crippen LogP contribution >= 0.6 is 34.8 Å². The Labute approximate surface area is 123 Å². The predicted octanol–water partition coefficient (Wildman–Crippen LogP) is 2.09. The van der Waals surface area contributed by atoms with Crippen molar-refractivity contribution >= 4 is 40.4 Å². The number of hydrogen-bond acceptors (Lipinski definition) is 4. The summed E-state index contributed by atoms with van der Waals surface area (Å²) in [4.78, 5) is 4.13. The third-order valence-corrected chi connectivity index (χ3v) is 4.05. The molecule has 2 N–H and O–H groups in total. The highest BCUT2D eigenvalue weighted by molar-refractivity contribution is 6.42. The molecule has 3 heterocycles. The van der Waals surface area contributed by atoms with Crippen LogP contribution in [-0.2, 0) is 4.74 Å². The lowest BCUT2D eigenvalue weighted by molar-refractivity contribution is 0.0230. The van der Waals surface area contributed by atoms with Gasteiger partial charge in [0.2, 0.25) is 0 Å². The first-order valence-electron chi connectivity index (χ1n) is 5.49. The fourth-order valence-electron chi connectivity index (χ4n) is 2.17. The number of hydrogen-bond donors (Lipinski definition) is 2. The van der Waals surface area contributed by atoms with Gasteiger partial charge in [-0.05, 0) is 0 Å². The average Bonchev–Trinajstić information content (AvgIpc) is 2.86. The fourth-order valence-corrected chi connectivity index (χ4v) is 2.81. The van der Waals surface area contributed by atoms with Crippen LogP contribution in [0.3, 0.4) is 0 Å². The van der Waals surface area contributed by atoms with E-state index in [9.17, 15) is 10.2 Å². The molecule has 1 fully saturated rings. The molecule has 0 amide bonds. The molecule has 2 aromatic heterocycles. The summed E-state index contributed by atoms with van der Waals surface area (Å²) in [7, 11) is 0. The lowest BCUT2D eigenvalue weighted by Gasteiger charge is -2.18. The summed E-state index contributed by atoms with van der Waals surface area (Å²) in [6.07, 6.45) is 0.294. The van der Waals surface area contributed by atoms with Crippen molar-refractivity contribution in [1.29, 1.82) is 0 Å². The van der Waals surface area contributed by atoms with Gasteiger partial charge in [-0.25, -0.2) is 4.98 Å². The zero-order chi connectivity index (χ0) is 13.7. The second-order valence-corrected chi connectivity index (χ2v) is 5.48. The highest BCUT2D eigenvalue weighted by atomic mass is 35.5. The Hall–Kier alpha value is -0.560. The zero-order valence-electron chi connectivity index (χ0n) is 9.42. The summed E-state index contributed by atoms with van der Waals surface area (Å²) < 4.78 is 6.98. The van der Waals surface area contributed by atoms with E-state index in [0.29, 0.717) is 11.2 Å². The van der Waals surface area contributed by atoms with Crippen molar-refractivity contribution in [3.63, 3.8) is 0 Å². The lowest BCUT2D eigenvalue weighted by atomic mass is 10.0. The Morgan fingerprint density at radius 2 is 2.00 bits per heavy atom. The Kier molecular flexibility index (Phi) is 3.37. The van der Waals surface area contributed by atoms with Crippen LogP contribution in [0, 0.1) is 0 Å². The van der Waals surface area contributed by atoms with Crippen LogP contribution in [0.2, 0.25) is 15.2 Å². The van der Waals surface area contributed by atoms with E-state index in [0.717, 1.165) is 0 Å². The van der Waals surface area contributed by atoms with Crippen LogP contribution in [0.1, 0.15) is 11.7 Å². The number of aliphatic hydroxyl groups excluding tert-OH is 2. The normalized spacial score (nSPS) is 27.3. The number of aliphatic hydroxyl groups is 2. The minimum absolute atomic E-state index is 0.0231. The van der Waals surface area contributed by atoms with Gasteiger partial charge in [0.05, 0.1) is 16.7 Å². The molecule has 0 aromatic carbocycles. The number of rotatable bonds is 1. The van der Waals surface area contributed by atoms with Gasteiger partial charge in [-0.3, -0.25) is 0 Å². The number of pyridine rings is 1. The molecule has 1 saturated heterocycles. The topological polar surface area (TPSA) is 67.0 Å². The van der Waals surface area contributed by atoms with Gasteiger partial charge in [-0.1, -0.05) is 34.8 Å². The maximum atomic E-state index is 9.95. The monoisotopic (exact) mass is 322 g/mol. The molecular formula is C11H9Cl3N2O3. The van der Waals surface area contributed by atoms with Crippen LogP contribution in [0.5, 0.6) is 0 Å². The molecular weight excluding hydrogens is 314 g/mol. The van der Waals surface area contributed by atoms with Crippen molar-refractivity contribution in [2.75, 3.05) is 6.61 Å². The summed E-state index contributed by atoms with van der Waals surface area (Å²) in [5, 5.41) is 20.3. The van der Waals surface area contributed by atoms with Gasteiger partial charge in [0, 0.05) is 18.0 Å². The van der Waals surface area contributed by atoms with E-state index < -0.39 is 18.3 Å². The van der Waals surface area contributed by atoms with Gasteiger partial charge >= 0.3 is 0 Å². The minimum atomic E-state index is -1.09. The molecule has 0 radical (unpaired) electrons. The third kappa shape index (κ3) is 2.11. The molecule has 3 atom stereocenters. The first kappa shape index (κ1) is 13.4. The summed E-state index contributed by atoms with van der Waals surface area (Å²) >= 11 is 18.1. The van der Waals surface area contributed by atoms with Crippen LogP contribution < -0.4 is 0 Å². The van der Waals surface area contributed by atoms with Gasteiger partial charge in [0.15, 0.2) is 0 Å². The highest BCUT2D eigenvalue weighted by Crippen LogP contribution is 2.39. The Morgan fingerprint density at radius 3 is 2.63 bits per heavy atom. The molecule has 1 unspecified atom stereocenters. The molecule has 8 heteroatoms. The standard InChI is InChI=1S/C11H9Cl3N2O3/c12-4-1-16-2-6(13)15-11(16)7(8(4)14)10-9(18)5(17)3-19-10/h1-2,5,9-10,17-18H,3H2/t5-,9+,10?/m1/s1. The largest absolute Gasteiger partial charge is 0.388 e. The van der Waals surface area contributed by atoms with Crippen molar-refractivity contribution in [2.24, 2.45) is 0 Å². The van der Waals surface area contributed by atoms with Crippen molar-refractivity contribution in [3.8, 4) is 0 Å². The number of nitrogens with zero attached hydrogens (tertiary/aromatic N) is 2. The molecule has 1 aliphatic heterocycles. The van der Waals surface area contributed by atoms with E-state index in [-0.39, 0.29) is 21.8 Å². The summed E-state index contributed by atoms with van der Waals surface area (Å²) in [6.45, 7) is 0.0231. The second-order valence-electron chi connectivity index (χ2n) is 4.31. The van der Waals surface area contributed by atoms with E-state index in [1.54, 1.807) is 16.8 Å². The van der Waals surface area contributed by atoms with Gasteiger partial charge < -0.3 is 19.4 Å². The van der Waals surface area contributed by atoms with Crippen LogP contribution in [0.15, 0.2) is 12.4 Å². The van der Waals surface area contributed by atoms with E-state index in [1.807, 2.05) is 0 Å². The maximum absolute atomic E-state index is 9.95. The fraction of sp³-hybridized carbons (Fsp3) is 0.364. The highest BCUT2D eigenvalue weighted by Gasteiger charge is 2.39. The molecule has 0 aliphatic carbocycles. The minimum Gasteiger partial charge on any atom is -0.388 e. The number of aromatic nitrogens is 2. The van der Waals surface area contributed by atoms with Crippen molar-refractivity contribution in [1.82, 2.24) is 9.38 Å². The second kappa shape index (κ2) is 4.77. The summed E-state index contributed by atoms with van der Waals surface area (Å²) in [5.74, 6) is 0. The molecule has 0 spiro atoms. The smallest absolute Gasteiger partial charge is 0.148 e. The lowest BCUT2D eigenvalue weighted by Crippen LogP contribution is -2.25. The summed E-state index contributed by atoms with van der Waals surface area (Å²) in [5.41, 5.74) is 0.864. The first-order chi connectivity index (χ1) is 8.99. The molecule has 1 aliphatic rings. The molecule has 0 bridgehead atoms. The zero-order valence-corrected chi connectivity index (χ0v) is 11.7. The number of fused-ring (bicyclic) bond motifs is 1. The summed E-state index contributed by atoms with van der Waals surface area (Å²) in [6, 6.07) is 0. The number of halogens is 3. The van der Waals surface area contributed by atoms with E-state index in [4.69, 9.17) is 39.5 Å². The van der Waals surface area contributed by atoms with Gasteiger partial charge in [0.25, 0.3) is 0 Å². The van der Waals surface area contributed by atoms with Crippen LogP contribution in [0.25, 0.3) is 5.65 Å². The van der Waals surface area contributed by atoms with Gasteiger partial charge in [-0.15, -0.1) is 0 Å². The molecule has 102 valence electrons. The first-order valence-corrected chi connectivity index (χ1v) is 6.62. The third-order valence-electron chi connectivity index (χ3n) is 3.08. The van der Waals surface area contributed by atoms with E-state index >= 15 is 0 Å². The molecule has 19 heavy (non-hydrogen) atoms. The Morgan fingerprint density at radius 1 is 1.26 bits per heavy atom. The van der Waals surface area contributed by atoms with Gasteiger partial charge in [-0.2, -0.15) is 0 Å². The van der Waals surface area contributed by atoms with Crippen LogP contribution in [-0.4, -0.2) is 38.4 Å². The van der Waals surface area contributed by atoms with Crippen molar-refractivity contribution in [3.05, 3.63) is 33.2 Å². The number of imidazole rings is 1. The average molecular weight is 324 g/mol. The molecule has 2 aromatic rings.